The Labute approximate surface area is 66.5 Å². The summed E-state index contributed by atoms with van der Waals surface area (Å²) in [5.74, 6) is 0. The van der Waals surface area contributed by atoms with E-state index in [1.165, 1.54) is 0 Å². The summed E-state index contributed by atoms with van der Waals surface area (Å²) >= 11 is 0. The van der Waals surface area contributed by atoms with Gasteiger partial charge in [0.2, 0.25) is 0 Å². The van der Waals surface area contributed by atoms with E-state index in [1.54, 1.807) is 26.6 Å². The molecule has 0 aliphatic rings. The number of aromatic nitrogens is 1. The van der Waals surface area contributed by atoms with Crippen molar-refractivity contribution in [2.75, 3.05) is 14.2 Å². The fraction of sp³-hybridized carbons (Fsp3) is 0.286. The van der Waals surface area contributed by atoms with Gasteiger partial charge in [0.25, 0.3) is 0 Å². The van der Waals surface area contributed by atoms with Gasteiger partial charge in [-0.3, -0.25) is 4.98 Å². The van der Waals surface area contributed by atoms with Gasteiger partial charge in [0.15, 0.2) is 0 Å². The van der Waals surface area contributed by atoms with E-state index in [1.807, 2.05) is 12.1 Å². The maximum absolute atomic E-state index is 5.02. The SMILES string of the molecule is COB(OC)c1cccnc1. The lowest BCUT2D eigenvalue weighted by atomic mass is 9.80. The van der Waals surface area contributed by atoms with Crippen LogP contribution >= 0.6 is 0 Å². The standard InChI is InChI=1S/C7H10BNO2/c1-10-8(11-2)7-4-3-5-9-6-7/h3-6H,1-2H3. The van der Waals surface area contributed by atoms with Gasteiger partial charge in [-0.05, 0) is 6.07 Å². The van der Waals surface area contributed by atoms with E-state index in [0.29, 0.717) is 0 Å². The minimum atomic E-state index is -0.302. The molecule has 11 heavy (non-hydrogen) atoms. The number of hydrogen-bond donors (Lipinski definition) is 0. The second kappa shape index (κ2) is 4.11. The van der Waals surface area contributed by atoms with Crippen LogP contribution in [0.2, 0.25) is 0 Å². The molecule has 0 unspecified atom stereocenters. The van der Waals surface area contributed by atoms with Gasteiger partial charge in [-0.25, -0.2) is 0 Å². The number of hydrogen-bond acceptors (Lipinski definition) is 3. The van der Waals surface area contributed by atoms with Crippen molar-refractivity contribution in [2.24, 2.45) is 0 Å². The van der Waals surface area contributed by atoms with Crippen LogP contribution in [-0.2, 0) is 9.31 Å². The van der Waals surface area contributed by atoms with Crippen molar-refractivity contribution in [2.45, 2.75) is 0 Å². The lowest BCUT2D eigenvalue weighted by molar-refractivity contribution is 0.292. The van der Waals surface area contributed by atoms with Crippen molar-refractivity contribution in [1.82, 2.24) is 4.98 Å². The fourth-order valence-electron chi connectivity index (χ4n) is 0.884. The van der Waals surface area contributed by atoms with Crippen LogP contribution in [0.1, 0.15) is 0 Å². The molecule has 4 heteroatoms. The van der Waals surface area contributed by atoms with Gasteiger partial charge in [0.1, 0.15) is 0 Å². The lowest BCUT2D eigenvalue weighted by Gasteiger charge is -2.06. The number of nitrogens with zero attached hydrogens (tertiary/aromatic N) is 1. The number of rotatable bonds is 3. The van der Waals surface area contributed by atoms with Crippen LogP contribution in [-0.4, -0.2) is 26.3 Å². The summed E-state index contributed by atoms with van der Waals surface area (Å²) in [6, 6.07) is 3.76. The van der Waals surface area contributed by atoms with Crippen molar-refractivity contribution in [3.05, 3.63) is 24.5 Å². The van der Waals surface area contributed by atoms with Crippen LogP contribution in [0, 0.1) is 0 Å². The third-order valence-electron chi connectivity index (χ3n) is 1.38. The highest BCUT2D eigenvalue weighted by Gasteiger charge is 2.16. The third kappa shape index (κ3) is 2.03. The van der Waals surface area contributed by atoms with E-state index in [2.05, 4.69) is 4.98 Å². The molecule has 0 aliphatic heterocycles. The van der Waals surface area contributed by atoms with Crippen LogP contribution in [0.4, 0.5) is 0 Å². The van der Waals surface area contributed by atoms with Crippen molar-refractivity contribution in [3.8, 4) is 0 Å². The van der Waals surface area contributed by atoms with E-state index in [-0.39, 0.29) is 7.12 Å². The van der Waals surface area contributed by atoms with Gasteiger partial charge in [-0.2, -0.15) is 0 Å². The normalized spacial score (nSPS) is 9.64. The molecule has 1 rings (SSSR count). The monoisotopic (exact) mass is 151 g/mol. The molecule has 1 aromatic rings. The van der Waals surface area contributed by atoms with E-state index >= 15 is 0 Å². The Morgan fingerprint density at radius 2 is 2.09 bits per heavy atom. The first-order valence-corrected chi connectivity index (χ1v) is 3.34. The molecular formula is C7H10BNO2. The maximum Gasteiger partial charge on any atom is 0.495 e. The Bertz CT molecular complexity index is 201. The van der Waals surface area contributed by atoms with Gasteiger partial charge < -0.3 is 9.31 Å². The Kier molecular flexibility index (Phi) is 3.07. The molecule has 0 radical (unpaired) electrons. The number of pyridine rings is 1. The van der Waals surface area contributed by atoms with Crippen molar-refractivity contribution in [3.63, 3.8) is 0 Å². The summed E-state index contributed by atoms with van der Waals surface area (Å²) in [5.41, 5.74) is 0.928. The van der Waals surface area contributed by atoms with E-state index in [4.69, 9.17) is 9.31 Å². The van der Waals surface area contributed by atoms with Gasteiger partial charge in [0, 0.05) is 32.1 Å². The predicted molar refractivity (Wildman–Crippen MR) is 43.6 cm³/mol. The van der Waals surface area contributed by atoms with Crippen LogP contribution in [0.5, 0.6) is 0 Å². The van der Waals surface area contributed by atoms with Crippen LogP contribution < -0.4 is 5.46 Å². The Hall–Kier alpha value is -0.865. The van der Waals surface area contributed by atoms with E-state index in [0.717, 1.165) is 5.46 Å². The Morgan fingerprint density at radius 1 is 1.36 bits per heavy atom. The molecule has 0 amide bonds. The largest absolute Gasteiger partial charge is 0.495 e. The summed E-state index contributed by atoms with van der Waals surface area (Å²) in [7, 11) is 2.89. The molecule has 1 aromatic heterocycles. The third-order valence-corrected chi connectivity index (χ3v) is 1.38. The average molecular weight is 151 g/mol. The highest BCUT2D eigenvalue weighted by Crippen LogP contribution is 1.86. The lowest BCUT2D eigenvalue weighted by Crippen LogP contribution is -2.34. The molecule has 0 N–H and O–H groups in total. The quantitative estimate of drug-likeness (QED) is 0.572. The molecule has 0 saturated carbocycles. The first kappa shape index (κ1) is 8.23. The maximum atomic E-state index is 5.02. The molecule has 0 bridgehead atoms. The van der Waals surface area contributed by atoms with Crippen LogP contribution in [0.15, 0.2) is 24.5 Å². The molecule has 0 fully saturated rings. The molecular weight excluding hydrogens is 141 g/mol. The Balaban J connectivity index is 2.74. The van der Waals surface area contributed by atoms with Gasteiger partial charge in [-0.1, -0.05) is 6.07 Å². The van der Waals surface area contributed by atoms with Gasteiger partial charge in [0.05, 0.1) is 0 Å². The summed E-state index contributed by atoms with van der Waals surface area (Å²) in [6.07, 6.45) is 3.43. The molecule has 3 nitrogen and oxygen atoms in total. The predicted octanol–water partition coefficient (Wildman–Crippen LogP) is 0.0696. The second-order valence-electron chi connectivity index (χ2n) is 2.09. The van der Waals surface area contributed by atoms with E-state index < -0.39 is 0 Å². The first-order chi connectivity index (χ1) is 5.38. The average Bonchev–Trinajstić information content (AvgIpc) is 2.09. The summed E-state index contributed by atoms with van der Waals surface area (Å²) in [6.45, 7) is 0. The summed E-state index contributed by atoms with van der Waals surface area (Å²) in [5, 5.41) is 0. The van der Waals surface area contributed by atoms with Gasteiger partial charge in [-0.15, -0.1) is 0 Å². The molecule has 0 aromatic carbocycles. The van der Waals surface area contributed by atoms with Crippen molar-refractivity contribution in [1.29, 1.82) is 0 Å². The molecule has 0 atom stereocenters. The highest BCUT2D eigenvalue weighted by molar-refractivity contribution is 6.61. The topological polar surface area (TPSA) is 31.4 Å². The summed E-state index contributed by atoms with van der Waals surface area (Å²) < 4.78 is 10.0. The minimum absolute atomic E-state index is 0.302. The Morgan fingerprint density at radius 3 is 2.55 bits per heavy atom. The molecule has 0 saturated heterocycles. The molecule has 0 spiro atoms. The zero-order valence-corrected chi connectivity index (χ0v) is 6.65. The van der Waals surface area contributed by atoms with Crippen molar-refractivity contribution >= 4 is 12.6 Å². The zero-order chi connectivity index (χ0) is 8.10. The van der Waals surface area contributed by atoms with Crippen LogP contribution in [0.3, 0.4) is 0 Å². The highest BCUT2D eigenvalue weighted by atomic mass is 16.6. The first-order valence-electron chi connectivity index (χ1n) is 3.34. The molecule has 0 aliphatic carbocycles. The second-order valence-corrected chi connectivity index (χ2v) is 2.09. The minimum Gasteiger partial charge on any atom is -0.410 e. The van der Waals surface area contributed by atoms with Gasteiger partial charge >= 0.3 is 7.12 Å². The molecule has 1 heterocycles. The zero-order valence-electron chi connectivity index (χ0n) is 6.65. The van der Waals surface area contributed by atoms with Crippen LogP contribution in [0.25, 0.3) is 0 Å². The van der Waals surface area contributed by atoms with E-state index in [9.17, 15) is 0 Å². The fourth-order valence-corrected chi connectivity index (χ4v) is 0.884. The van der Waals surface area contributed by atoms with Crippen molar-refractivity contribution < 1.29 is 9.31 Å². The summed E-state index contributed by atoms with van der Waals surface area (Å²) in [4.78, 5) is 3.94. The smallest absolute Gasteiger partial charge is 0.410 e. The molecule has 58 valence electrons.